The maximum atomic E-state index is 5.29. The largest absolute Gasteiger partial charge is 0.497 e. The molecule has 1 N–H and O–H groups in total. The summed E-state index contributed by atoms with van der Waals surface area (Å²) >= 11 is 0. The van der Waals surface area contributed by atoms with Gasteiger partial charge in [0.05, 0.1) is 7.11 Å². The highest BCUT2D eigenvalue weighted by molar-refractivity contribution is 5.28. The lowest BCUT2D eigenvalue weighted by Crippen LogP contribution is -2.46. The van der Waals surface area contributed by atoms with E-state index < -0.39 is 0 Å². The normalized spacial score (nSPS) is 23.8. The lowest BCUT2D eigenvalue weighted by atomic mass is 10.0. The van der Waals surface area contributed by atoms with E-state index in [-0.39, 0.29) is 0 Å². The molecule has 0 bridgehead atoms. The van der Waals surface area contributed by atoms with Crippen LogP contribution in [0.2, 0.25) is 0 Å². The minimum atomic E-state index is 0.724. The molecule has 3 heteroatoms. The van der Waals surface area contributed by atoms with Gasteiger partial charge in [-0.05, 0) is 56.3 Å². The van der Waals surface area contributed by atoms with E-state index in [9.17, 15) is 0 Å². The first-order chi connectivity index (χ1) is 9.83. The van der Waals surface area contributed by atoms with E-state index in [1.54, 1.807) is 7.11 Å². The van der Waals surface area contributed by atoms with Crippen molar-refractivity contribution in [1.82, 2.24) is 10.2 Å². The molecule has 1 saturated carbocycles. The number of benzene rings is 1. The molecule has 1 unspecified atom stereocenters. The van der Waals surface area contributed by atoms with Crippen LogP contribution in [-0.2, 0) is 6.42 Å². The van der Waals surface area contributed by atoms with Crippen LogP contribution in [0.1, 0.15) is 31.2 Å². The Bertz CT molecular complexity index is 431. The van der Waals surface area contributed by atoms with Crippen LogP contribution in [0, 0.1) is 0 Å². The summed E-state index contributed by atoms with van der Waals surface area (Å²) in [4.78, 5) is 2.61. The lowest BCUT2D eigenvalue weighted by molar-refractivity contribution is 0.191. The Labute approximate surface area is 122 Å². The number of likely N-dealkylation sites (tertiary alicyclic amines) is 1. The Hall–Kier alpha value is -1.06. The molecule has 0 radical (unpaired) electrons. The molecule has 1 saturated heterocycles. The second-order valence-corrected chi connectivity index (χ2v) is 6.18. The minimum Gasteiger partial charge on any atom is -0.497 e. The van der Waals surface area contributed by atoms with Crippen molar-refractivity contribution in [3.8, 4) is 5.75 Å². The Morgan fingerprint density at radius 2 is 2.15 bits per heavy atom. The van der Waals surface area contributed by atoms with Gasteiger partial charge in [-0.25, -0.2) is 0 Å². The van der Waals surface area contributed by atoms with Crippen LogP contribution in [0.5, 0.6) is 5.75 Å². The molecule has 1 heterocycles. The summed E-state index contributed by atoms with van der Waals surface area (Å²) in [5.41, 5.74) is 1.38. The molecule has 110 valence electrons. The molecule has 2 fully saturated rings. The van der Waals surface area contributed by atoms with Crippen molar-refractivity contribution >= 4 is 0 Å². The molecule has 0 aromatic heterocycles. The number of hydrogen-bond donors (Lipinski definition) is 1. The monoisotopic (exact) mass is 274 g/mol. The van der Waals surface area contributed by atoms with Crippen LogP contribution >= 0.6 is 0 Å². The third kappa shape index (κ3) is 3.97. The van der Waals surface area contributed by atoms with Crippen molar-refractivity contribution < 1.29 is 4.74 Å². The van der Waals surface area contributed by atoms with E-state index in [4.69, 9.17) is 4.74 Å². The minimum absolute atomic E-state index is 0.724. The van der Waals surface area contributed by atoms with Crippen molar-refractivity contribution in [2.45, 2.75) is 44.2 Å². The molecule has 1 aliphatic heterocycles. The van der Waals surface area contributed by atoms with Gasteiger partial charge in [0.15, 0.2) is 0 Å². The molecule has 1 aromatic rings. The Morgan fingerprint density at radius 1 is 1.25 bits per heavy atom. The van der Waals surface area contributed by atoms with Crippen LogP contribution in [0.3, 0.4) is 0 Å². The first-order valence-corrected chi connectivity index (χ1v) is 7.95. The van der Waals surface area contributed by atoms with Gasteiger partial charge in [0.2, 0.25) is 0 Å². The highest BCUT2D eigenvalue weighted by Gasteiger charge is 2.27. The Kier molecular flexibility index (Phi) is 4.58. The van der Waals surface area contributed by atoms with Gasteiger partial charge in [-0.15, -0.1) is 0 Å². The number of ether oxygens (including phenoxy) is 1. The lowest BCUT2D eigenvalue weighted by Gasteiger charge is -2.33. The zero-order valence-corrected chi connectivity index (χ0v) is 12.5. The van der Waals surface area contributed by atoms with Crippen LogP contribution < -0.4 is 10.1 Å². The average molecular weight is 274 g/mol. The summed E-state index contributed by atoms with van der Waals surface area (Å²) in [6.45, 7) is 3.64. The van der Waals surface area contributed by atoms with Gasteiger partial charge in [-0.2, -0.15) is 0 Å². The van der Waals surface area contributed by atoms with Crippen LogP contribution in [0.4, 0.5) is 0 Å². The van der Waals surface area contributed by atoms with E-state index in [0.29, 0.717) is 0 Å². The topological polar surface area (TPSA) is 24.5 Å². The first kappa shape index (κ1) is 13.9. The summed E-state index contributed by atoms with van der Waals surface area (Å²) < 4.78 is 5.29. The van der Waals surface area contributed by atoms with E-state index >= 15 is 0 Å². The van der Waals surface area contributed by atoms with Crippen LogP contribution in [0.15, 0.2) is 24.3 Å². The number of nitrogens with one attached hydrogen (secondary N) is 1. The SMILES string of the molecule is COc1cccc(CCN2CCCC(NC3CC3)C2)c1. The molecule has 2 aliphatic rings. The van der Waals surface area contributed by atoms with Gasteiger partial charge in [-0.1, -0.05) is 12.1 Å². The second kappa shape index (κ2) is 6.59. The van der Waals surface area contributed by atoms with Crippen molar-refractivity contribution in [1.29, 1.82) is 0 Å². The van der Waals surface area contributed by atoms with Crippen molar-refractivity contribution in [3.05, 3.63) is 29.8 Å². The highest BCUT2D eigenvalue weighted by atomic mass is 16.5. The molecule has 1 aliphatic carbocycles. The predicted octanol–water partition coefficient (Wildman–Crippen LogP) is 2.45. The number of nitrogens with zero attached hydrogens (tertiary/aromatic N) is 1. The fourth-order valence-corrected chi connectivity index (χ4v) is 3.09. The highest BCUT2D eigenvalue weighted by Crippen LogP contribution is 2.22. The van der Waals surface area contributed by atoms with E-state index in [1.165, 1.54) is 44.3 Å². The maximum absolute atomic E-state index is 5.29. The molecular formula is C17H26N2O. The molecule has 3 nitrogen and oxygen atoms in total. The third-order valence-corrected chi connectivity index (χ3v) is 4.41. The van der Waals surface area contributed by atoms with Crippen LogP contribution in [-0.4, -0.2) is 43.7 Å². The number of piperidine rings is 1. The van der Waals surface area contributed by atoms with Gasteiger partial charge in [0, 0.05) is 25.2 Å². The molecule has 0 amide bonds. The summed E-state index contributed by atoms with van der Waals surface area (Å²) in [6, 6.07) is 10.0. The second-order valence-electron chi connectivity index (χ2n) is 6.18. The number of rotatable bonds is 6. The van der Waals surface area contributed by atoms with Crippen molar-refractivity contribution in [2.75, 3.05) is 26.7 Å². The van der Waals surface area contributed by atoms with E-state index in [0.717, 1.165) is 30.8 Å². The van der Waals surface area contributed by atoms with Gasteiger partial charge in [0.25, 0.3) is 0 Å². The van der Waals surface area contributed by atoms with Gasteiger partial charge < -0.3 is 15.0 Å². The smallest absolute Gasteiger partial charge is 0.119 e. The summed E-state index contributed by atoms with van der Waals surface area (Å²) in [5.74, 6) is 0.967. The van der Waals surface area contributed by atoms with E-state index in [2.05, 4.69) is 28.4 Å². The zero-order chi connectivity index (χ0) is 13.8. The molecule has 3 rings (SSSR count). The van der Waals surface area contributed by atoms with Crippen LogP contribution in [0.25, 0.3) is 0 Å². The molecule has 0 spiro atoms. The molecule has 20 heavy (non-hydrogen) atoms. The Morgan fingerprint density at radius 3 is 2.95 bits per heavy atom. The van der Waals surface area contributed by atoms with Crippen molar-refractivity contribution in [3.63, 3.8) is 0 Å². The molecule has 1 aromatic carbocycles. The average Bonchev–Trinajstić information content (AvgIpc) is 3.30. The van der Waals surface area contributed by atoms with Gasteiger partial charge in [-0.3, -0.25) is 0 Å². The van der Waals surface area contributed by atoms with E-state index in [1.807, 2.05) is 6.07 Å². The summed E-state index contributed by atoms with van der Waals surface area (Å²) in [6.07, 6.45) is 6.59. The standard InChI is InChI=1S/C17H26N2O/c1-20-17-6-2-4-14(12-17)9-11-19-10-3-5-16(13-19)18-15-7-8-15/h2,4,6,12,15-16,18H,3,5,7-11,13H2,1H3. The maximum Gasteiger partial charge on any atom is 0.119 e. The first-order valence-electron chi connectivity index (χ1n) is 7.95. The fourth-order valence-electron chi connectivity index (χ4n) is 3.09. The summed E-state index contributed by atoms with van der Waals surface area (Å²) in [7, 11) is 1.73. The number of hydrogen-bond acceptors (Lipinski definition) is 3. The summed E-state index contributed by atoms with van der Waals surface area (Å²) in [5, 5.41) is 3.78. The van der Waals surface area contributed by atoms with Gasteiger partial charge in [0.1, 0.15) is 5.75 Å². The number of methoxy groups -OCH3 is 1. The predicted molar refractivity (Wildman–Crippen MR) is 82.3 cm³/mol. The van der Waals surface area contributed by atoms with Gasteiger partial charge >= 0.3 is 0 Å². The fraction of sp³-hybridized carbons (Fsp3) is 0.647. The Balaban J connectivity index is 1.46. The quantitative estimate of drug-likeness (QED) is 0.862. The van der Waals surface area contributed by atoms with Crippen molar-refractivity contribution in [2.24, 2.45) is 0 Å². The third-order valence-electron chi connectivity index (χ3n) is 4.41. The molecule has 1 atom stereocenters. The molecular weight excluding hydrogens is 248 g/mol. The zero-order valence-electron chi connectivity index (χ0n) is 12.5.